The summed E-state index contributed by atoms with van der Waals surface area (Å²) in [5.74, 6) is -0.978. The monoisotopic (exact) mass is 309 g/mol. The van der Waals surface area contributed by atoms with Crippen molar-refractivity contribution in [3.05, 3.63) is 59.3 Å². The molecule has 0 bridgehead atoms. The van der Waals surface area contributed by atoms with Gasteiger partial charge >= 0.3 is 0 Å². The molecular weight excluding hydrogens is 294 g/mol. The minimum atomic E-state index is -0.559. The summed E-state index contributed by atoms with van der Waals surface area (Å²) in [6.45, 7) is 1.93. The smallest absolute Gasteiger partial charge is 0.275 e. The predicted octanol–water partition coefficient (Wildman–Crippen LogP) is 2.65. The topological polar surface area (TPSA) is 97.7 Å². The molecule has 1 heterocycles. The van der Waals surface area contributed by atoms with E-state index in [9.17, 15) is 15.0 Å². The first-order valence-electron chi connectivity index (χ1n) is 6.99. The van der Waals surface area contributed by atoms with Gasteiger partial charge in [-0.15, -0.1) is 0 Å². The molecule has 0 aliphatic carbocycles. The summed E-state index contributed by atoms with van der Waals surface area (Å²) >= 11 is 0. The zero-order valence-electron chi connectivity index (χ0n) is 12.4. The molecule has 0 fully saturated rings. The molecule has 6 heteroatoms. The number of hydrogen-bond acceptors (Lipinski definition) is 4. The third-order valence-corrected chi connectivity index (χ3v) is 3.53. The van der Waals surface area contributed by atoms with E-state index >= 15 is 0 Å². The zero-order valence-corrected chi connectivity index (χ0v) is 12.4. The number of hydrazone groups is 1. The van der Waals surface area contributed by atoms with Gasteiger partial charge in [0.2, 0.25) is 0 Å². The van der Waals surface area contributed by atoms with Crippen LogP contribution in [0.4, 0.5) is 0 Å². The molecule has 0 atom stereocenters. The van der Waals surface area contributed by atoms with Crippen molar-refractivity contribution in [1.82, 2.24) is 10.4 Å². The van der Waals surface area contributed by atoms with Crippen LogP contribution in [-0.2, 0) is 0 Å². The number of carbonyl (C=O) groups is 1. The van der Waals surface area contributed by atoms with Crippen molar-refractivity contribution in [2.75, 3.05) is 0 Å². The first-order valence-corrected chi connectivity index (χ1v) is 6.99. The van der Waals surface area contributed by atoms with Gasteiger partial charge in [-0.1, -0.05) is 18.2 Å². The van der Waals surface area contributed by atoms with Gasteiger partial charge < -0.3 is 15.2 Å². The van der Waals surface area contributed by atoms with Crippen LogP contribution in [0.1, 0.15) is 21.6 Å². The second-order valence-electron chi connectivity index (χ2n) is 5.11. The summed E-state index contributed by atoms with van der Waals surface area (Å²) in [5.41, 5.74) is 5.22. The lowest BCUT2D eigenvalue weighted by molar-refractivity contribution is 0.0952. The van der Waals surface area contributed by atoms with Crippen LogP contribution in [0.15, 0.2) is 47.6 Å². The SMILES string of the molecule is Cc1[nH]c2ccccc2c1/C=N/NC(=O)c1ccc(O)cc1O. The highest BCUT2D eigenvalue weighted by atomic mass is 16.3. The normalized spacial score (nSPS) is 11.2. The molecule has 3 rings (SSSR count). The Hall–Kier alpha value is -3.28. The number of amides is 1. The number of aromatic nitrogens is 1. The Morgan fingerprint density at radius 1 is 1.22 bits per heavy atom. The standard InChI is InChI=1S/C17H15N3O3/c1-10-14(12-4-2-3-5-15(12)19-10)9-18-20-17(23)13-7-6-11(21)8-16(13)22/h2-9,19,21-22H,1H3,(H,20,23)/b18-9+. The van der Waals surface area contributed by atoms with Gasteiger partial charge in [-0.25, -0.2) is 5.43 Å². The molecule has 0 aliphatic rings. The number of phenolic OH excluding ortho intramolecular Hbond substituents is 2. The van der Waals surface area contributed by atoms with Crippen molar-refractivity contribution in [3.8, 4) is 11.5 Å². The van der Waals surface area contributed by atoms with Crippen LogP contribution in [-0.4, -0.2) is 27.3 Å². The van der Waals surface area contributed by atoms with E-state index in [0.717, 1.165) is 28.2 Å². The second-order valence-corrected chi connectivity index (χ2v) is 5.11. The number of aromatic hydroxyl groups is 2. The quantitative estimate of drug-likeness (QED) is 0.442. The molecule has 3 aromatic rings. The van der Waals surface area contributed by atoms with Gasteiger partial charge in [-0.3, -0.25) is 4.79 Å². The minimum absolute atomic E-state index is 0.0376. The Labute approximate surface area is 132 Å². The maximum absolute atomic E-state index is 12.0. The number of phenols is 2. The highest BCUT2D eigenvalue weighted by Gasteiger charge is 2.11. The maximum atomic E-state index is 12.0. The van der Waals surface area contributed by atoms with Crippen LogP contribution >= 0.6 is 0 Å². The van der Waals surface area contributed by atoms with E-state index in [1.807, 2.05) is 31.2 Å². The van der Waals surface area contributed by atoms with Gasteiger partial charge in [0.15, 0.2) is 0 Å². The van der Waals surface area contributed by atoms with Crippen LogP contribution < -0.4 is 5.43 Å². The van der Waals surface area contributed by atoms with E-state index in [2.05, 4.69) is 15.5 Å². The van der Waals surface area contributed by atoms with Gasteiger partial charge in [0.1, 0.15) is 11.5 Å². The van der Waals surface area contributed by atoms with E-state index < -0.39 is 5.91 Å². The van der Waals surface area contributed by atoms with Gasteiger partial charge in [-0.05, 0) is 25.1 Å². The zero-order chi connectivity index (χ0) is 16.4. The fourth-order valence-corrected chi connectivity index (χ4v) is 2.39. The van der Waals surface area contributed by atoms with Crippen molar-refractivity contribution in [3.63, 3.8) is 0 Å². The van der Waals surface area contributed by atoms with Crippen LogP contribution in [0.25, 0.3) is 10.9 Å². The van der Waals surface area contributed by atoms with E-state index in [1.165, 1.54) is 12.1 Å². The lowest BCUT2D eigenvalue weighted by atomic mass is 10.1. The average molecular weight is 309 g/mol. The molecule has 0 radical (unpaired) electrons. The van der Waals surface area contributed by atoms with Gasteiger partial charge in [0.05, 0.1) is 11.8 Å². The maximum Gasteiger partial charge on any atom is 0.275 e. The summed E-state index contributed by atoms with van der Waals surface area (Å²) in [6, 6.07) is 11.5. The van der Waals surface area contributed by atoms with Crippen molar-refractivity contribution in [2.45, 2.75) is 6.92 Å². The molecule has 0 spiro atoms. The van der Waals surface area contributed by atoms with Crippen LogP contribution in [0.5, 0.6) is 11.5 Å². The molecule has 0 aliphatic heterocycles. The number of para-hydroxylation sites is 1. The van der Waals surface area contributed by atoms with Crippen molar-refractivity contribution < 1.29 is 15.0 Å². The number of aromatic amines is 1. The fraction of sp³-hybridized carbons (Fsp3) is 0.0588. The molecule has 23 heavy (non-hydrogen) atoms. The van der Waals surface area contributed by atoms with E-state index in [0.29, 0.717) is 0 Å². The van der Waals surface area contributed by atoms with E-state index in [4.69, 9.17) is 0 Å². The molecule has 4 N–H and O–H groups in total. The molecule has 116 valence electrons. The summed E-state index contributed by atoms with van der Waals surface area (Å²) in [5, 5.41) is 23.8. The van der Waals surface area contributed by atoms with Crippen molar-refractivity contribution >= 4 is 23.0 Å². The molecule has 0 unspecified atom stereocenters. The predicted molar refractivity (Wildman–Crippen MR) is 87.9 cm³/mol. The average Bonchev–Trinajstić information content (AvgIpc) is 2.83. The number of hydrogen-bond donors (Lipinski definition) is 4. The molecule has 1 amide bonds. The highest BCUT2D eigenvalue weighted by Crippen LogP contribution is 2.22. The number of H-pyrrole nitrogens is 1. The number of benzene rings is 2. The van der Waals surface area contributed by atoms with Gasteiger partial charge in [0, 0.05) is 28.2 Å². The Balaban J connectivity index is 1.80. The minimum Gasteiger partial charge on any atom is -0.508 e. The number of nitrogens with one attached hydrogen (secondary N) is 2. The molecular formula is C17H15N3O3. The van der Waals surface area contributed by atoms with E-state index in [1.54, 1.807) is 6.21 Å². The van der Waals surface area contributed by atoms with Crippen molar-refractivity contribution in [2.24, 2.45) is 5.10 Å². The third kappa shape index (κ3) is 2.87. The summed E-state index contributed by atoms with van der Waals surface area (Å²) < 4.78 is 0. The number of nitrogens with zero attached hydrogens (tertiary/aromatic N) is 1. The van der Waals surface area contributed by atoms with Crippen LogP contribution in [0.3, 0.4) is 0 Å². The summed E-state index contributed by atoms with van der Waals surface area (Å²) in [6.07, 6.45) is 1.56. The highest BCUT2D eigenvalue weighted by molar-refractivity contribution is 6.02. The van der Waals surface area contributed by atoms with Crippen LogP contribution in [0.2, 0.25) is 0 Å². The molecule has 6 nitrogen and oxygen atoms in total. The third-order valence-electron chi connectivity index (χ3n) is 3.53. The lowest BCUT2D eigenvalue weighted by Gasteiger charge is -2.03. The van der Waals surface area contributed by atoms with Crippen molar-refractivity contribution in [1.29, 1.82) is 0 Å². The first kappa shape index (κ1) is 14.6. The number of rotatable bonds is 3. The molecule has 0 saturated heterocycles. The Morgan fingerprint density at radius 2 is 2.00 bits per heavy atom. The lowest BCUT2D eigenvalue weighted by Crippen LogP contribution is -2.17. The Bertz CT molecular complexity index is 913. The molecule has 1 aromatic heterocycles. The molecule has 0 saturated carbocycles. The second kappa shape index (κ2) is 5.84. The summed E-state index contributed by atoms with van der Waals surface area (Å²) in [4.78, 5) is 15.2. The number of carbonyl (C=O) groups excluding carboxylic acids is 1. The Morgan fingerprint density at radius 3 is 2.78 bits per heavy atom. The van der Waals surface area contributed by atoms with E-state index in [-0.39, 0.29) is 17.1 Å². The van der Waals surface area contributed by atoms with Crippen LogP contribution in [0, 0.1) is 6.92 Å². The first-order chi connectivity index (χ1) is 11.1. The number of aryl methyl sites for hydroxylation is 1. The Kier molecular flexibility index (Phi) is 3.72. The fourth-order valence-electron chi connectivity index (χ4n) is 2.39. The summed E-state index contributed by atoms with van der Waals surface area (Å²) in [7, 11) is 0. The van der Waals surface area contributed by atoms with Gasteiger partial charge in [-0.2, -0.15) is 5.10 Å². The number of fused-ring (bicyclic) bond motifs is 1. The largest absolute Gasteiger partial charge is 0.508 e. The van der Waals surface area contributed by atoms with Gasteiger partial charge in [0.25, 0.3) is 5.91 Å². The molecule has 2 aromatic carbocycles.